The molecule has 4 rings (SSSR count). The lowest BCUT2D eigenvalue weighted by Gasteiger charge is -2.24. The van der Waals surface area contributed by atoms with E-state index in [4.69, 9.17) is 0 Å². The van der Waals surface area contributed by atoms with Crippen molar-refractivity contribution in [2.75, 3.05) is 17.6 Å². The highest BCUT2D eigenvalue weighted by molar-refractivity contribution is 8.00. The van der Waals surface area contributed by atoms with Crippen molar-refractivity contribution >= 4 is 29.3 Å². The van der Waals surface area contributed by atoms with Crippen LogP contribution in [0.2, 0.25) is 0 Å². The third-order valence-electron chi connectivity index (χ3n) is 5.55. The Morgan fingerprint density at radius 1 is 1.03 bits per heavy atom. The number of aryl methyl sites for hydroxylation is 2. The van der Waals surface area contributed by atoms with Gasteiger partial charge in [0.1, 0.15) is 5.37 Å². The predicted molar refractivity (Wildman–Crippen MR) is 127 cm³/mol. The zero-order valence-electron chi connectivity index (χ0n) is 17.8. The van der Waals surface area contributed by atoms with Gasteiger partial charge < -0.3 is 10.2 Å². The van der Waals surface area contributed by atoms with E-state index in [0.717, 1.165) is 28.8 Å². The third kappa shape index (κ3) is 5.00. The molecule has 2 amide bonds. The lowest BCUT2D eigenvalue weighted by molar-refractivity contribution is -0.128. The first-order chi connectivity index (χ1) is 15.0. The van der Waals surface area contributed by atoms with Gasteiger partial charge in [-0.05, 0) is 60.7 Å². The molecule has 1 saturated heterocycles. The molecule has 0 unspecified atom stereocenters. The second kappa shape index (κ2) is 9.40. The van der Waals surface area contributed by atoms with Crippen molar-refractivity contribution in [3.8, 4) is 0 Å². The van der Waals surface area contributed by atoms with E-state index in [-0.39, 0.29) is 17.2 Å². The van der Waals surface area contributed by atoms with E-state index >= 15 is 0 Å². The number of thioether (sulfide) groups is 1. The van der Waals surface area contributed by atoms with E-state index in [1.54, 1.807) is 11.8 Å². The number of rotatable bonds is 6. The van der Waals surface area contributed by atoms with Crippen LogP contribution >= 0.6 is 11.8 Å². The molecule has 5 heteroatoms. The molecule has 0 spiro atoms. The number of nitrogens with one attached hydrogen (secondary N) is 1. The van der Waals surface area contributed by atoms with Crippen LogP contribution in [-0.4, -0.2) is 29.0 Å². The minimum Gasteiger partial charge on any atom is -0.326 e. The SMILES string of the molecule is Cc1ccc(C)c(NC(=O)c2ccc([C@H]3SCC(=O)N3CCc3ccccc3)cc2)c1. The molecule has 3 aromatic rings. The van der Waals surface area contributed by atoms with Crippen molar-refractivity contribution in [1.82, 2.24) is 4.90 Å². The fourth-order valence-corrected chi connectivity index (χ4v) is 4.95. The molecular weight excluding hydrogens is 404 g/mol. The zero-order valence-corrected chi connectivity index (χ0v) is 18.6. The maximum Gasteiger partial charge on any atom is 0.255 e. The smallest absolute Gasteiger partial charge is 0.255 e. The number of carbonyl (C=O) groups is 2. The quantitative estimate of drug-likeness (QED) is 0.572. The van der Waals surface area contributed by atoms with Crippen LogP contribution in [0.1, 0.15) is 38.0 Å². The van der Waals surface area contributed by atoms with Crippen molar-refractivity contribution in [2.45, 2.75) is 25.6 Å². The molecule has 0 aromatic heterocycles. The van der Waals surface area contributed by atoms with E-state index in [0.29, 0.717) is 17.9 Å². The second-order valence-corrected chi connectivity index (χ2v) is 8.95. The van der Waals surface area contributed by atoms with Crippen LogP contribution in [0.4, 0.5) is 5.69 Å². The largest absolute Gasteiger partial charge is 0.326 e. The summed E-state index contributed by atoms with van der Waals surface area (Å²) in [5.74, 6) is 0.535. The van der Waals surface area contributed by atoms with Gasteiger partial charge in [-0.15, -0.1) is 11.8 Å². The number of hydrogen-bond donors (Lipinski definition) is 1. The molecule has 0 radical (unpaired) electrons. The van der Waals surface area contributed by atoms with E-state index in [2.05, 4.69) is 17.4 Å². The topological polar surface area (TPSA) is 49.4 Å². The van der Waals surface area contributed by atoms with Crippen LogP contribution in [0.15, 0.2) is 72.8 Å². The zero-order chi connectivity index (χ0) is 21.8. The Kier molecular flexibility index (Phi) is 6.42. The molecule has 4 nitrogen and oxygen atoms in total. The summed E-state index contributed by atoms with van der Waals surface area (Å²) in [6.07, 6.45) is 0.833. The minimum absolute atomic E-state index is 0.00709. The first kappa shape index (κ1) is 21.2. The average molecular weight is 431 g/mol. The molecule has 0 bridgehead atoms. The molecule has 1 heterocycles. The highest BCUT2D eigenvalue weighted by atomic mass is 32.2. The molecule has 0 saturated carbocycles. The molecular formula is C26H26N2O2S. The Hall–Kier alpha value is -3.05. The monoisotopic (exact) mass is 430 g/mol. The van der Waals surface area contributed by atoms with Gasteiger partial charge >= 0.3 is 0 Å². The van der Waals surface area contributed by atoms with Crippen LogP contribution in [0, 0.1) is 13.8 Å². The molecule has 31 heavy (non-hydrogen) atoms. The fourth-order valence-electron chi connectivity index (χ4n) is 3.73. The summed E-state index contributed by atoms with van der Waals surface area (Å²) in [5, 5.41) is 2.99. The Morgan fingerprint density at radius 3 is 2.52 bits per heavy atom. The van der Waals surface area contributed by atoms with Crippen LogP contribution in [0.25, 0.3) is 0 Å². The summed E-state index contributed by atoms with van der Waals surface area (Å²) in [4.78, 5) is 27.1. The summed E-state index contributed by atoms with van der Waals surface area (Å²) >= 11 is 1.64. The maximum atomic E-state index is 12.7. The van der Waals surface area contributed by atoms with Crippen LogP contribution < -0.4 is 5.32 Å². The first-order valence-electron chi connectivity index (χ1n) is 10.4. The van der Waals surface area contributed by atoms with Crippen molar-refractivity contribution < 1.29 is 9.59 Å². The second-order valence-electron chi connectivity index (χ2n) is 7.88. The van der Waals surface area contributed by atoms with Crippen molar-refractivity contribution in [1.29, 1.82) is 0 Å². The van der Waals surface area contributed by atoms with Gasteiger partial charge in [-0.2, -0.15) is 0 Å². The van der Waals surface area contributed by atoms with Gasteiger partial charge in [-0.25, -0.2) is 0 Å². The number of nitrogens with zero attached hydrogens (tertiary/aromatic N) is 1. The number of benzene rings is 3. The minimum atomic E-state index is -0.128. The molecule has 3 aromatic carbocycles. The van der Waals surface area contributed by atoms with Crippen LogP contribution in [0.3, 0.4) is 0 Å². The molecule has 1 aliphatic heterocycles. The van der Waals surface area contributed by atoms with E-state index in [1.807, 2.05) is 79.4 Å². The average Bonchev–Trinajstić information content (AvgIpc) is 3.16. The first-order valence-corrected chi connectivity index (χ1v) is 11.5. The highest BCUT2D eigenvalue weighted by Gasteiger charge is 2.32. The number of carbonyl (C=O) groups excluding carboxylic acids is 2. The summed E-state index contributed by atoms with van der Waals surface area (Å²) in [7, 11) is 0. The molecule has 1 atom stereocenters. The van der Waals surface area contributed by atoms with Gasteiger partial charge in [0.25, 0.3) is 5.91 Å². The van der Waals surface area contributed by atoms with Crippen molar-refractivity contribution in [3.05, 3.63) is 101 Å². The van der Waals surface area contributed by atoms with Crippen LogP contribution in [0.5, 0.6) is 0 Å². The summed E-state index contributed by atoms with van der Waals surface area (Å²) in [6.45, 7) is 4.68. The Labute approximate surface area is 187 Å². The Bertz CT molecular complexity index is 1080. The van der Waals surface area contributed by atoms with Gasteiger partial charge in [0.2, 0.25) is 5.91 Å². The Morgan fingerprint density at radius 2 is 1.77 bits per heavy atom. The van der Waals surface area contributed by atoms with E-state index in [9.17, 15) is 9.59 Å². The Balaban J connectivity index is 1.44. The number of anilines is 1. The third-order valence-corrected chi connectivity index (χ3v) is 6.81. The standard InChI is InChI=1S/C26H26N2O2S/c1-18-8-9-19(2)23(16-18)27-25(30)21-10-12-22(13-11-21)26-28(24(29)17-31-26)15-14-20-6-4-3-5-7-20/h3-13,16,26H,14-15,17H2,1-2H3,(H,27,30)/t26-/m1/s1. The molecule has 0 aliphatic carbocycles. The van der Waals surface area contributed by atoms with Crippen molar-refractivity contribution in [3.63, 3.8) is 0 Å². The predicted octanol–water partition coefficient (Wildman–Crippen LogP) is 5.37. The van der Waals surface area contributed by atoms with Gasteiger partial charge in [0.05, 0.1) is 5.75 Å². The maximum absolute atomic E-state index is 12.7. The molecule has 1 fully saturated rings. The van der Waals surface area contributed by atoms with E-state index < -0.39 is 0 Å². The van der Waals surface area contributed by atoms with E-state index in [1.165, 1.54) is 5.56 Å². The normalized spacial score (nSPS) is 15.9. The van der Waals surface area contributed by atoms with Gasteiger partial charge in [0, 0.05) is 17.8 Å². The lowest BCUT2D eigenvalue weighted by atomic mass is 10.1. The van der Waals surface area contributed by atoms with Gasteiger partial charge in [0.15, 0.2) is 0 Å². The summed E-state index contributed by atoms with van der Waals surface area (Å²) in [5.41, 5.74) is 5.85. The summed E-state index contributed by atoms with van der Waals surface area (Å²) in [6, 6.07) is 23.9. The van der Waals surface area contributed by atoms with Gasteiger partial charge in [-0.3, -0.25) is 9.59 Å². The highest BCUT2D eigenvalue weighted by Crippen LogP contribution is 2.38. The lowest BCUT2D eigenvalue weighted by Crippen LogP contribution is -2.30. The molecule has 1 aliphatic rings. The number of amides is 2. The van der Waals surface area contributed by atoms with Crippen LogP contribution in [-0.2, 0) is 11.2 Å². The van der Waals surface area contributed by atoms with Crippen molar-refractivity contribution in [2.24, 2.45) is 0 Å². The molecule has 1 N–H and O–H groups in total. The summed E-state index contributed by atoms with van der Waals surface area (Å²) < 4.78 is 0. The molecule has 158 valence electrons. The number of hydrogen-bond acceptors (Lipinski definition) is 3. The van der Waals surface area contributed by atoms with Gasteiger partial charge in [-0.1, -0.05) is 54.6 Å². The fraction of sp³-hybridized carbons (Fsp3) is 0.231.